The van der Waals surface area contributed by atoms with Crippen LogP contribution < -0.4 is 4.90 Å². The van der Waals surface area contributed by atoms with Crippen molar-refractivity contribution in [2.75, 3.05) is 18.0 Å². The van der Waals surface area contributed by atoms with E-state index in [-0.39, 0.29) is 6.54 Å². The quantitative estimate of drug-likeness (QED) is 0.824. The molecule has 0 bridgehead atoms. The molecule has 0 fully saturated rings. The van der Waals surface area contributed by atoms with Crippen molar-refractivity contribution in [1.29, 1.82) is 0 Å². The number of nitrogens with zero attached hydrogens (tertiary/aromatic N) is 1. The lowest BCUT2D eigenvalue weighted by molar-refractivity contribution is -0.135. The van der Waals surface area contributed by atoms with Crippen LogP contribution in [0, 0.1) is 13.8 Å². The van der Waals surface area contributed by atoms with E-state index in [0.29, 0.717) is 0 Å². The Labute approximate surface area is 103 Å². The van der Waals surface area contributed by atoms with Crippen LogP contribution in [0.25, 0.3) is 0 Å². The number of hydrogen-bond donors (Lipinski definition) is 1. The van der Waals surface area contributed by atoms with Crippen molar-refractivity contribution in [3.8, 4) is 0 Å². The van der Waals surface area contributed by atoms with Gasteiger partial charge in [0.2, 0.25) is 0 Å². The number of carboxylic acid groups (broad SMARTS) is 1. The van der Waals surface area contributed by atoms with Crippen LogP contribution in [-0.2, 0) is 4.79 Å². The molecule has 1 rings (SSSR count). The normalized spacial score (nSPS) is 10.3. The second kappa shape index (κ2) is 6.28. The van der Waals surface area contributed by atoms with Crippen LogP contribution in [0.1, 0.15) is 30.9 Å². The largest absolute Gasteiger partial charge is 0.480 e. The average Bonchev–Trinajstić information content (AvgIpc) is 2.22. The highest BCUT2D eigenvalue weighted by Crippen LogP contribution is 2.19. The Morgan fingerprint density at radius 1 is 1.24 bits per heavy atom. The van der Waals surface area contributed by atoms with Crippen LogP contribution >= 0.6 is 0 Å². The summed E-state index contributed by atoms with van der Waals surface area (Å²) in [5, 5.41) is 8.94. The molecule has 0 saturated heterocycles. The molecule has 0 radical (unpaired) electrons. The molecule has 94 valence electrons. The fourth-order valence-electron chi connectivity index (χ4n) is 1.94. The Morgan fingerprint density at radius 2 is 1.82 bits per heavy atom. The zero-order valence-corrected chi connectivity index (χ0v) is 10.9. The second-order valence-corrected chi connectivity index (χ2v) is 4.51. The molecule has 0 spiro atoms. The first-order valence-electron chi connectivity index (χ1n) is 6.08. The highest BCUT2D eigenvalue weighted by Gasteiger charge is 2.10. The summed E-state index contributed by atoms with van der Waals surface area (Å²) in [6.45, 7) is 7.06. The van der Waals surface area contributed by atoms with Gasteiger partial charge in [0.05, 0.1) is 0 Å². The van der Waals surface area contributed by atoms with Gasteiger partial charge in [-0.25, -0.2) is 0 Å². The van der Waals surface area contributed by atoms with Gasteiger partial charge in [0.25, 0.3) is 0 Å². The van der Waals surface area contributed by atoms with E-state index >= 15 is 0 Å². The minimum atomic E-state index is -0.778. The smallest absolute Gasteiger partial charge is 0.323 e. The van der Waals surface area contributed by atoms with Crippen LogP contribution in [0.5, 0.6) is 0 Å². The predicted octanol–water partition coefficient (Wildman–Crippen LogP) is 2.99. The molecule has 0 atom stereocenters. The van der Waals surface area contributed by atoms with E-state index in [4.69, 9.17) is 5.11 Å². The van der Waals surface area contributed by atoms with E-state index in [0.717, 1.165) is 25.1 Å². The van der Waals surface area contributed by atoms with Crippen LogP contribution in [0.15, 0.2) is 18.2 Å². The SMILES string of the molecule is CCCCN(CC(=O)O)c1cc(C)cc(C)c1. The van der Waals surface area contributed by atoms with Crippen LogP contribution in [-0.4, -0.2) is 24.2 Å². The van der Waals surface area contributed by atoms with Gasteiger partial charge in [-0.2, -0.15) is 0 Å². The number of aryl methyl sites for hydroxylation is 2. The predicted molar refractivity (Wildman–Crippen MR) is 70.7 cm³/mol. The molecule has 0 aliphatic heterocycles. The molecule has 1 aromatic rings. The number of hydrogen-bond acceptors (Lipinski definition) is 2. The van der Waals surface area contributed by atoms with Gasteiger partial charge in [0, 0.05) is 12.2 Å². The molecular weight excluding hydrogens is 214 g/mol. The monoisotopic (exact) mass is 235 g/mol. The number of rotatable bonds is 6. The lowest BCUT2D eigenvalue weighted by Crippen LogP contribution is -2.30. The summed E-state index contributed by atoms with van der Waals surface area (Å²) in [6, 6.07) is 6.19. The number of aliphatic carboxylic acids is 1. The first-order valence-corrected chi connectivity index (χ1v) is 6.08. The number of unbranched alkanes of at least 4 members (excludes halogenated alkanes) is 1. The van der Waals surface area contributed by atoms with Crippen molar-refractivity contribution in [1.82, 2.24) is 0 Å². The summed E-state index contributed by atoms with van der Waals surface area (Å²) in [7, 11) is 0. The molecule has 0 saturated carbocycles. The summed E-state index contributed by atoms with van der Waals surface area (Å²) in [4.78, 5) is 12.8. The first-order chi connectivity index (χ1) is 8.02. The van der Waals surface area contributed by atoms with E-state index < -0.39 is 5.97 Å². The van der Waals surface area contributed by atoms with Gasteiger partial charge in [-0.3, -0.25) is 4.79 Å². The van der Waals surface area contributed by atoms with E-state index in [1.165, 1.54) is 11.1 Å². The summed E-state index contributed by atoms with van der Waals surface area (Å²) < 4.78 is 0. The highest BCUT2D eigenvalue weighted by molar-refractivity contribution is 5.74. The zero-order chi connectivity index (χ0) is 12.8. The lowest BCUT2D eigenvalue weighted by Gasteiger charge is -2.23. The summed E-state index contributed by atoms with van der Waals surface area (Å²) in [5.74, 6) is -0.778. The third kappa shape index (κ3) is 4.47. The van der Waals surface area contributed by atoms with Crippen LogP contribution in [0.2, 0.25) is 0 Å². The first kappa shape index (κ1) is 13.6. The maximum absolute atomic E-state index is 10.9. The Bertz CT molecular complexity index is 368. The molecule has 0 amide bonds. The van der Waals surface area contributed by atoms with E-state index in [9.17, 15) is 4.79 Å². The van der Waals surface area contributed by atoms with Gasteiger partial charge >= 0.3 is 5.97 Å². The van der Waals surface area contributed by atoms with Gasteiger partial charge < -0.3 is 10.0 Å². The third-order valence-corrected chi connectivity index (χ3v) is 2.68. The van der Waals surface area contributed by atoms with Gasteiger partial charge in [-0.15, -0.1) is 0 Å². The van der Waals surface area contributed by atoms with Crippen LogP contribution in [0.3, 0.4) is 0 Å². The topological polar surface area (TPSA) is 40.5 Å². The maximum atomic E-state index is 10.9. The Hall–Kier alpha value is -1.51. The van der Waals surface area contributed by atoms with Crippen molar-refractivity contribution < 1.29 is 9.90 Å². The molecule has 1 aromatic carbocycles. The minimum absolute atomic E-state index is 0.0723. The molecule has 17 heavy (non-hydrogen) atoms. The number of anilines is 1. The number of carbonyl (C=O) groups is 1. The van der Waals surface area contributed by atoms with Gasteiger partial charge in [-0.1, -0.05) is 19.4 Å². The molecule has 3 nitrogen and oxygen atoms in total. The molecule has 0 unspecified atom stereocenters. The number of benzene rings is 1. The van der Waals surface area contributed by atoms with Crippen molar-refractivity contribution in [3.05, 3.63) is 29.3 Å². The molecule has 1 N–H and O–H groups in total. The lowest BCUT2D eigenvalue weighted by atomic mass is 10.1. The summed E-state index contributed by atoms with van der Waals surface area (Å²) >= 11 is 0. The molecule has 3 heteroatoms. The molecular formula is C14H21NO2. The molecule has 0 heterocycles. The van der Waals surface area contributed by atoms with Crippen LogP contribution in [0.4, 0.5) is 5.69 Å². The highest BCUT2D eigenvalue weighted by atomic mass is 16.4. The standard InChI is InChI=1S/C14H21NO2/c1-4-5-6-15(10-14(16)17)13-8-11(2)7-12(3)9-13/h7-9H,4-6,10H2,1-3H3,(H,16,17). The Balaban J connectivity index is 2.90. The fraction of sp³-hybridized carbons (Fsp3) is 0.500. The maximum Gasteiger partial charge on any atom is 0.323 e. The van der Waals surface area contributed by atoms with Crippen molar-refractivity contribution in [2.45, 2.75) is 33.6 Å². The van der Waals surface area contributed by atoms with Gasteiger partial charge in [0.15, 0.2) is 0 Å². The zero-order valence-electron chi connectivity index (χ0n) is 10.9. The van der Waals surface area contributed by atoms with Crippen molar-refractivity contribution in [3.63, 3.8) is 0 Å². The summed E-state index contributed by atoms with van der Waals surface area (Å²) in [6.07, 6.45) is 2.08. The Morgan fingerprint density at radius 3 is 2.29 bits per heavy atom. The van der Waals surface area contributed by atoms with Gasteiger partial charge in [-0.05, 0) is 43.5 Å². The number of carboxylic acids is 1. The summed E-state index contributed by atoms with van der Waals surface area (Å²) in [5.41, 5.74) is 3.36. The molecule has 0 aliphatic carbocycles. The third-order valence-electron chi connectivity index (χ3n) is 2.68. The molecule has 0 aromatic heterocycles. The Kier molecular flexibility index (Phi) is 5.01. The second-order valence-electron chi connectivity index (χ2n) is 4.51. The van der Waals surface area contributed by atoms with Crippen molar-refractivity contribution in [2.24, 2.45) is 0 Å². The average molecular weight is 235 g/mol. The fourth-order valence-corrected chi connectivity index (χ4v) is 1.94. The minimum Gasteiger partial charge on any atom is -0.480 e. The van der Waals surface area contributed by atoms with E-state index in [1.54, 1.807) is 0 Å². The molecule has 0 aliphatic rings. The van der Waals surface area contributed by atoms with Crippen molar-refractivity contribution >= 4 is 11.7 Å². The van der Waals surface area contributed by atoms with E-state index in [1.807, 2.05) is 30.9 Å². The van der Waals surface area contributed by atoms with E-state index in [2.05, 4.69) is 13.0 Å². The van der Waals surface area contributed by atoms with Gasteiger partial charge in [0.1, 0.15) is 6.54 Å².